The minimum absolute atomic E-state index is 0.105. The number of hydrogen-bond donors (Lipinski definition) is 3. The molecule has 0 heterocycles. The van der Waals surface area contributed by atoms with Crippen LogP contribution in [0.1, 0.15) is 364 Å². The summed E-state index contributed by atoms with van der Waals surface area (Å²) in [6.07, 6.45) is 45.8. The highest BCUT2D eigenvalue weighted by Gasteiger charge is 2.30. The molecule has 0 fully saturated rings. The third-order valence-corrected chi connectivity index (χ3v) is 19.1. The monoisotopic (exact) mass is 1350 g/mol. The van der Waals surface area contributed by atoms with E-state index in [1.165, 1.54) is 161 Å². The second-order valence-corrected chi connectivity index (χ2v) is 30.9. The van der Waals surface area contributed by atoms with E-state index in [1.54, 1.807) is 0 Å². The lowest BCUT2D eigenvalue weighted by atomic mass is 10.00. The lowest BCUT2D eigenvalue weighted by molar-refractivity contribution is -0.161. The molecule has 546 valence electrons. The van der Waals surface area contributed by atoms with Crippen LogP contribution in [0.15, 0.2) is 0 Å². The number of aliphatic hydroxyl groups is 1. The third-order valence-electron chi connectivity index (χ3n) is 17.2. The molecule has 0 amide bonds. The third kappa shape index (κ3) is 65.4. The van der Waals surface area contributed by atoms with Crippen LogP contribution in [-0.4, -0.2) is 96.7 Å². The summed E-state index contributed by atoms with van der Waals surface area (Å²) in [6, 6.07) is 0. The Labute approximate surface area is 562 Å². The number of ether oxygens (including phenoxy) is 4. The molecule has 17 nitrogen and oxygen atoms in total. The van der Waals surface area contributed by atoms with Crippen molar-refractivity contribution in [3.63, 3.8) is 0 Å². The minimum atomic E-state index is -4.95. The van der Waals surface area contributed by atoms with E-state index in [-0.39, 0.29) is 25.7 Å². The molecule has 0 bridgehead atoms. The lowest BCUT2D eigenvalue weighted by Crippen LogP contribution is -2.30. The van der Waals surface area contributed by atoms with Crippen molar-refractivity contribution in [2.45, 2.75) is 382 Å². The number of phosphoric acid groups is 2. The molecular formula is C73H142O17P2. The normalized spacial score (nSPS) is 14.5. The van der Waals surface area contributed by atoms with Crippen LogP contribution < -0.4 is 0 Å². The SMILES string of the molecule is CCC(C)CCCCCCCCC(=O)OC[C@H](COP(=O)(O)OC[C@H](O)COP(=O)(O)OC[C@@H](COC(=O)CCCCCCCCCCC(C)C)OC(=O)CCCCCCCCCCCCCC(C)C)OC(=O)CCCCCCCCCCCCCCCCC(C)C. The van der Waals surface area contributed by atoms with E-state index in [2.05, 4.69) is 55.4 Å². The van der Waals surface area contributed by atoms with Crippen LogP contribution in [0.2, 0.25) is 0 Å². The van der Waals surface area contributed by atoms with Crippen LogP contribution >= 0.6 is 15.6 Å². The standard InChI is InChI=1S/C73H142O17P2/c1-9-66(8)52-44-36-31-32-38-46-54-71(76)84-60-69(90-72(77)55-47-39-29-21-17-13-11-10-12-15-19-25-33-41-49-63(2)3)62-88-92(81,82)86-58-67(74)57-85-91(79,80)87-61-68(59-83-70(75)53-45-37-28-24-23-27-35-43-51-65(6)7)89-73(78)56-48-40-30-22-18-14-16-20-26-34-42-50-64(4)5/h63-69,74H,9-62H2,1-8H3,(H,79,80)(H,81,82)/t66?,67-,68-,69-/m1/s1. The Kier molecular flexibility index (Phi) is 61.3. The Morgan fingerprint density at radius 3 is 0.772 bits per heavy atom. The molecule has 0 saturated carbocycles. The number of hydrogen-bond acceptors (Lipinski definition) is 15. The predicted octanol–water partition coefficient (Wildman–Crippen LogP) is 20.9. The largest absolute Gasteiger partial charge is 0.472 e. The zero-order valence-corrected chi connectivity index (χ0v) is 62.0. The van der Waals surface area contributed by atoms with E-state index in [9.17, 15) is 43.2 Å². The van der Waals surface area contributed by atoms with Gasteiger partial charge in [-0.2, -0.15) is 0 Å². The summed E-state index contributed by atoms with van der Waals surface area (Å²) in [5.41, 5.74) is 0. The predicted molar refractivity (Wildman–Crippen MR) is 372 cm³/mol. The Morgan fingerprint density at radius 2 is 0.522 bits per heavy atom. The minimum Gasteiger partial charge on any atom is -0.462 e. The number of carbonyl (C=O) groups is 4. The smallest absolute Gasteiger partial charge is 0.462 e. The first-order chi connectivity index (χ1) is 44.1. The maximum absolute atomic E-state index is 13.0. The average Bonchev–Trinajstić information content (AvgIpc) is 1.87. The van der Waals surface area contributed by atoms with Gasteiger partial charge < -0.3 is 33.8 Å². The van der Waals surface area contributed by atoms with Crippen molar-refractivity contribution in [1.82, 2.24) is 0 Å². The van der Waals surface area contributed by atoms with E-state index in [0.29, 0.717) is 25.7 Å². The second kappa shape index (κ2) is 62.6. The van der Waals surface area contributed by atoms with Gasteiger partial charge in [0.05, 0.1) is 26.4 Å². The Balaban J connectivity index is 5.24. The summed E-state index contributed by atoms with van der Waals surface area (Å²) >= 11 is 0. The molecule has 0 radical (unpaired) electrons. The maximum Gasteiger partial charge on any atom is 0.472 e. The van der Waals surface area contributed by atoms with E-state index >= 15 is 0 Å². The van der Waals surface area contributed by atoms with Gasteiger partial charge in [0.25, 0.3) is 0 Å². The van der Waals surface area contributed by atoms with Crippen molar-refractivity contribution in [3.05, 3.63) is 0 Å². The molecule has 0 aliphatic rings. The van der Waals surface area contributed by atoms with E-state index < -0.39 is 97.5 Å². The molecule has 0 rings (SSSR count). The lowest BCUT2D eigenvalue weighted by Gasteiger charge is -2.21. The molecule has 0 spiro atoms. The van der Waals surface area contributed by atoms with Crippen LogP contribution in [0.3, 0.4) is 0 Å². The molecule has 0 aromatic rings. The Bertz CT molecular complexity index is 1820. The van der Waals surface area contributed by atoms with Gasteiger partial charge in [0.15, 0.2) is 12.2 Å². The van der Waals surface area contributed by atoms with Gasteiger partial charge in [-0.1, -0.05) is 312 Å². The number of rotatable bonds is 70. The zero-order valence-electron chi connectivity index (χ0n) is 60.2. The topological polar surface area (TPSA) is 237 Å². The molecule has 6 atom stereocenters. The van der Waals surface area contributed by atoms with Gasteiger partial charge >= 0.3 is 39.5 Å². The van der Waals surface area contributed by atoms with Gasteiger partial charge in [0, 0.05) is 25.7 Å². The number of aliphatic hydroxyl groups excluding tert-OH is 1. The highest BCUT2D eigenvalue weighted by molar-refractivity contribution is 7.47. The van der Waals surface area contributed by atoms with Crippen molar-refractivity contribution in [2.24, 2.45) is 23.7 Å². The molecule has 0 aromatic carbocycles. The van der Waals surface area contributed by atoms with Crippen LogP contribution in [0.25, 0.3) is 0 Å². The first-order valence-corrected chi connectivity index (χ1v) is 40.7. The van der Waals surface area contributed by atoms with E-state index in [1.807, 2.05) is 0 Å². The average molecular weight is 1350 g/mol. The number of phosphoric ester groups is 2. The Hall–Kier alpha value is -1.94. The van der Waals surface area contributed by atoms with Crippen LogP contribution in [0.4, 0.5) is 0 Å². The molecular weight excluding hydrogens is 1210 g/mol. The Morgan fingerprint density at radius 1 is 0.304 bits per heavy atom. The zero-order chi connectivity index (χ0) is 68.2. The summed E-state index contributed by atoms with van der Waals surface area (Å²) in [5.74, 6) is 0.891. The summed E-state index contributed by atoms with van der Waals surface area (Å²) in [7, 11) is -9.91. The quantitative estimate of drug-likeness (QED) is 0.0222. The van der Waals surface area contributed by atoms with E-state index in [0.717, 1.165) is 120 Å². The molecule has 0 aromatic heterocycles. The number of esters is 4. The summed E-state index contributed by atoms with van der Waals surface area (Å²) in [5, 5.41) is 10.6. The molecule has 19 heteroatoms. The van der Waals surface area contributed by atoms with Gasteiger partial charge in [0.2, 0.25) is 0 Å². The number of carbonyl (C=O) groups excluding carboxylic acids is 4. The summed E-state index contributed by atoms with van der Waals surface area (Å²) < 4.78 is 68.4. The van der Waals surface area contributed by atoms with Crippen molar-refractivity contribution in [2.75, 3.05) is 39.6 Å². The van der Waals surface area contributed by atoms with Crippen molar-refractivity contribution >= 4 is 39.5 Å². The maximum atomic E-state index is 13.0. The highest BCUT2D eigenvalue weighted by Crippen LogP contribution is 2.45. The van der Waals surface area contributed by atoms with Crippen LogP contribution in [-0.2, 0) is 65.4 Å². The molecule has 0 saturated heterocycles. The van der Waals surface area contributed by atoms with Gasteiger partial charge in [-0.25, -0.2) is 9.13 Å². The molecule has 3 N–H and O–H groups in total. The van der Waals surface area contributed by atoms with Gasteiger partial charge in [-0.15, -0.1) is 0 Å². The fourth-order valence-electron chi connectivity index (χ4n) is 11.0. The summed E-state index contributed by atoms with van der Waals surface area (Å²) in [4.78, 5) is 72.7. The number of unbranched alkanes of at least 4 members (excludes halogenated alkanes) is 35. The molecule has 0 aliphatic heterocycles. The highest BCUT2D eigenvalue weighted by atomic mass is 31.2. The molecule has 92 heavy (non-hydrogen) atoms. The van der Waals surface area contributed by atoms with Crippen molar-refractivity contribution in [3.8, 4) is 0 Å². The van der Waals surface area contributed by atoms with Gasteiger partial charge in [-0.05, 0) is 49.4 Å². The first-order valence-electron chi connectivity index (χ1n) is 37.7. The van der Waals surface area contributed by atoms with E-state index in [4.69, 9.17) is 37.0 Å². The van der Waals surface area contributed by atoms with Crippen molar-refractivity contribution < 1.29 is 80.2 Å². The fraction of sp³-hybridized carbons (Fsp3) is 0.945. The van der Waals surface area contributed by atoms with Gasteiger partial charge in [-0.3, -0.25) is 37.3 Å². The van der Waals surface area contributed by atoms with Crippen LogP contribution in [0, 0.1) is 23.7 Å². The molecule has 3 unspecified atom stereocenters. The fourth-order valence-corrected chi connectivity index (χ4v) is 12.6. The molecule has 0 aliphatic carbocycles. The van der Waals surface area contributed by atoms with Crippen molar-refractivity contribution in [1.29, 1.82) is 0 Å². The first kappa shape index (κ1) is 90.1. The van der Waals surface area contributed by atoms with Gasteiger partial charge in [0.1, 0.15) is 19.3 Å². The van der Waals surface area contributed by atoms with Crippen LogP contribution in [0.5, 0.6) is 0 Å². The second-order valence-electron chi connectivity index (χ2n) is 28.0. The summed E-state index contributed by atoms with van der Waals surface area (Å²) in [6.45, 7) is 14.1.